The second-order valence-electron chi connectivity index (χ2n) is 4.71. The maximum absolute atomic E-state index is 14.0. The minimum atomic E-state index is -0.535. The zero-order chi connectivity index (χ0) is 15.4. The number of anilines is 1. The van der Waals surface area contributed by atoms with E-state index in [1.807, 2.05) is 13.0 Å². The zero-order valence-corrected chi connectivity index (χ0v) is 11.9. The molecule has 0 aliphatic rings. The highest BCUT2D eigenvalue weighted by atomic mass is 19.1. The summed E-state index contributed by atoms with van der Waals surface area (Å²) >= 11 is 0. The molecule has 5 heteroatoms. The van der Waals surface area contributed by atoms with E-state index in [2.05, 4.69) is 10.3 Å². The number of hydrogen-bond donors (Lipinski definition) is 1. The Morgan fingerprint density at radius 2 is 2.00 bits per heavy atom. The predicted octanol–water partition coefficient (Wildman–Crippen LogP) is 4.03. The SMILES string of the molecule is CCCNc1nc(-c2cc(F)c(C)cc2F)ccc1C#N. The number of nitriles is 1. The second-order valence-corrected chi connectivity index (χ2v) is 4.71. The molecule has 1 heterocycles. The van der Waals surface area contributed by atoms with Gasteiger partial charge in [0.15, 0.2) is 0 Å². The third-order valence-corrected chi connectivity index (χ3v) is 3.08. The maximum atomic E-state index is 14.0. The number of nitrogens with one attached hydrogen (secondary N) is 1. The fourth-order valence-electron chi connectivity index (χ4n) is 1.92. The van der Waals surface area contributed by atoms with Crippen molar-refractivity contribution in [3.8, 4) is 17.3 Å². The van der Waals surface area contributed by atoms with E-state index in [-0.39, 0.29) is 11.1 Å². The highest BCUT2D eigenvalue weighted by Crippen LogP contribution is 2.26. The number of rotatable bonds is 4. The van der Waals surface area contributed by atoms with Crippen LogP contribution in [0.4, 0.5) is 14.6 Å². The van der Waals surface area contributed by atoms with Crippen LogP contribution in [0.5, 0.6) is 0 Å². The summed E-state index contributed by atoms with van der Waals surface area (Å²) in [5.74, 6) is -0.634. The van der Waals surface area contributed by atoms with Gasteiger partial charge in [0.25, 0.3) is 0 Å². The molecule has 0 atom stereocenters. The van der Waals surface area contributed by atoms with Crippen LogP contribution in [0.25, 0.3) is 11.3 Å². The summed E-state index contributed by atoms with van der Waals surface area (Å²) in [4.78, 5) is 4.24. The maximum Gasteiger partial charge on any atom is 0.144 e. The number of aryl methyl sites for hydroxylation is 1. The first kappa shape index (κ1) is 14.9. The average molecular weight is 287 g/mol. The van der Waals surface area contributed by atoms with Gasteiger partial charge in [-0.25, -0.2) is 13.8 Å². The zero-order valence-electron chi connectivity index (χ0n) is 11.9. The molecule has 21 heavy (non-hydrogen) atoms. The average Bonchev–Trinajstić information content (AvgIpc) is 2.48. The highest BCUT2D eigenvalue weighted by Gasteiger charge is 2.13. The van der Waals surface area contributed by atoms with Crippen LogP contribution in [0, 0.1) is 29.9 Å². The van der Waals surface area contributed by atoms with Gasteiger partial charge in [0, 0.05) is 12.1 Å². The molecule has 0 fully saturated rings. The smallest absolute Gasteiger partial charge is 0.144 e. The molecular formula is C16H15F2N3. The Kier molecular flexibility index (Phi) is 4.49. The first-order valence-corrected chi connectivity index (χ1v) is 6.67. The van der Waals surface area contributed by atoms with Crippen LogP contribution in [0.2, 0.25) is 0 Å². The van der Waals surface area contributed by atoms with Crippen LogP contribution < -0.4 is 5.32 Å². The van der Waals surface area contributed by atoms with E-state index in [1.165, 1.54) is 13.0 Å². The molecular weight excluding hydrogens is 272 g/mol. The molecule has 0 unspecified atom stereocenters. The molecule has 0 radical (unpaired) electrons. The van der Waals surface area contributed by atoms with Crippen LogP contribution in [-0.4, -0.2) is 11.5 Å². The minimum absolute atomic E-state index is 0.0853. The highest BCUT2D eigenvalue weighted by molar-refractivity contribution is 5.65. The van der Waals surface area contributed by atoms with Gasteiger partial charge in [-0.15, -0.1) is 0 Å². The van der Waals surface area contributed by atoms with E-state index in [0.29, 0.717) is 23.6 Å². The normalized spacial score (nSPS) is 10.2. The molecule has 0 spiro atoms. The molecule has 2 rings (SSSR count). The number of hydrogen-bond acceptors (Lipinski definition) is 3. The summed E-state index contributed by atoms with van der Waals surface area (Å²) in [6, 6.07) is 7.37. The number of halogens is 2. The van der Waals surface area contributed by atoms with E-state index in [0.717, 1.165) is 18.6 Å². The fourth-order valence-corrected chi connectivity index (χ4v) is 1.92. The van der Waals surface area contributed by atoms with Crippen molar-refractivity contribution in [1.82, 2.24) is 4.98 Å². The van der Waals surface area contributed by atoms with Crippen LogP contribution in [0.3, 0.4) is 0 Å². The molecule has 0 bridgehead atoms. The molecule has 0 aliphatic heterocycles. The second kappa shape index (κ2) is 6.31. The lowest BCUT2D eigenvalue weighted by Gasteiger charge is -2.10. The standard InChI is InChI=1S/C16H15F2N3/c1-3-6-20-16-11(9-19)4-5-15(21-16)12-8-13(17)10(2)7-14(12)18/h4-5,7-8H,3,6H2,1-2H3,(H,20,21). The van der Waals surface area contributed by atoms with E-state index >= 15 is 0 Å². The van der Waals surface area contributed by atoms with E-state index in [9.17, 15) is 8.78 Å². The Hall–Kier alpha value is -2.48. The molecule has 108 valence electrons. The number of nitrogens with zero attached hydrogens (tertiary/aromatic N) is 2. The third-order valence-electron chi connectivity index (χ3n) is 3.08. The Balaban J connectivity index is 2.50. The topological polar surface area (TPSA) is 48.7 Å². The van der Waals surface area contributed by atoms with Crippen LogP contribution >= 0.6 is 0 Å². The summed E-state index contributed by atoms with van der Waals surface area (Å²) in [5.41, 5.74) is 1.00. The quantitative estimate of drug-likeness (QED) is 0.923. The Morgan fingerprint density at radius 3 is 2.67 bits per heavy atom. The number of aromatic nitrogens is 1. The molecule has 3 nitrogen and oxygen atoms in total. The van der Waals surface area contributed by atoms with Crippen molar-refractivity contribution < 1.29 is 8.78 Å². The Labute approximate surface area is 122 Å². The third kappa shape index (κ3) is 3.16. The summed E-state index contributed by atoms with van der Waals surface area (Å²) in [5, 5.41) is 12.1. The minimum Gasteiger partial charge on any atom is -0.369 e. The fraction of sp³-hybridized carbons (Fsp3) is 0.250. The summed E-state index contributed by atoms with van der Waals surface area (Å²) < 4.78 is 27.6. The Morgan fingerprint density at radius 1 is 1.24 bits per heavy atom. The molecule has 1 aromatic heterocycles. The molecule has 1 aromatic carbocycles. The van der Waals surface area contributed by atoms with Crippen molar-refractivity contribution in [1.29, 1.82) is 5.26 Å². The van der Waals surface area contributed by atoms with Gasteiger partial charge in [0.1, 0.15) is 23.5 Å². The van der Waals surface area contributed by atoms with E-state index in [4.69, 9.17) is 5.26 Å². The van der Waals surface area contributed by atoms with Crippen molar-refractivity contribution in [3.05, 3.63) is 47.0 Å². The van der Waals surface area contributed by atoms with Gasteiger partial charge in [-0.2, -0.15) is 5.26 Å². The molecule has 2 aromatic rings. The first-order valence-electron chi connectivity index (χ1n) is 6.67. The van der Waals surface area contributed by atoms with Gasteiger partial charge >= 0.3 is 0 Å². The predicted molar refractivity (Wildman–Crippen MR) is 77.8 cm³/mol. The van der Waals surface area contributed by atoms with Gasteiger partial charge in [-0.05, 0) is 43.2 Å². The Bertz CT molecular complexity index is 705. The summed E-state index contributed by atoms with van der Waals surface area (Å²) in [6.07, 6.45) is 0.865. The largest absolute Gasteiger partial charge is 0.369 e. The van der Waals surface area contributed by atoms with Gasteiger partial charge in [-0.1, -0.05) is 6.92 Å². The van der Waals surface area contributed by atoms with Crippen LogP contribution in [0.1, 0.15) is 24.5 Å². The number of pyridine rings is 1. The monoisotopic (exact) mass is 287 g/mol. The van der Waals surface area contributed by atoms with E-state index in [1.54, 1.807) is 6.07 Å². The van der Waals surface area contributed by atoms with Gasteiger partial charge < -0.3 is 5.32 Å². The molecule has 0 saturated carbocycles. The number of benzene rings is 1. The summed E-state index contributed by atoms with van der Waals surface area (Å²) in [6.45, 7) is 4.14. The lowest BCUT2D eigenvalue weighted by Crippen LogP contribution is -2.05. The van der Waals surface area contributed by atoms with Crippen LogP contribution in [-0.2, 0) is 0 Å². The van der Waals surface area contributed by atoms with Crippen molar-refractivity contribution in [2.75, 3.05) is 11.9 Å². The molecule has 0 amide bonds. The van der Waals surface area contributed by atoms with Gasteiger partial charge in [0.2, 0.25) is 0 Å². The van der Waals surface area contributed by atoms with Crippen molar-refractivity contribution in [3.63, 3.8) is 0 Å². The lowest BCUT2D eigenvalue weighted by molar-refractivity contribution is 0.595. The first-order chi connectivity index (χ1) is 10.1. The summed E-state index contributed by atoms with van der Waals surface area (Å²) in [7, 11) is 0. The lowest BCUT2D eigenvalue weighted by atomic mass is 10.1. The molecule has 0 aliphatic carbocycles. The van der Waals surface area contributed by atoms with E-state index < -0.39 is 11.6 Å². The van der Waals surface area contributed by atoms with Crippen LogP contribution in [0.15, 0.2) is 24.3 Å². The van der Waals surface area contributed by atoms with Crippen molar-refractivity contribution in [2.24, 2.45) is 0 Å². The van der Waals surface area contributed by atoms with Gasteiger partial charge in [-0.3, -0.25) is 0 Å². The van der Waals surface area contributed by atoms with Crippen molar-refractivity contribution in [2.45, 2.75) is 20.3 Å². The molecule has 1 N–H and O–H groups in total. The van der Waals surface area contributed by atoms with Gasteiger partial charge in [0.05, 0.1) is 11.3 Å². The molecule has 0 saturated heterocycles. The van der Waals surface area contributed by atoms with Crippen molar-refractivity contribution >= 4 is 5.82 Å².